The molecule has 5 rings (SSSR count). The minimum Gasteiger partial charge on any atom is -0.480 e. The van der Waals surface area contributed by atoms with Crippen LogP contribution < -0.4 is 10.1 Å². The molecule has 0 atom stereocenters. The van der Waals surface area contributed by atoms with E-state index in [9.17, 15) is 13.2 Å². The molecule has 6 nitrogen and oxygen atoms in total. The lowest BCUT2D eigenvalue weighted by Crippen LogP contribution is -2.47. The number of fused-ring (bicyclic) bond motifs is 4. The molecule has 162 valence electrons. The largest absolute Gasteiger partial charge is 0.490 e. The zero-order chi connectivity index (χ0) is 21.4. The molecule has 0 unspecified atom stereocenters. The molecule has 0 bridgehead atoms. The zero-order valence-corrected chi connectivity index (χ0v) is 16.4. The monoisotopic (exact) mass is 423 g/mol. The number of carboxylic acid groups (broad SMARTS) is 1. The van der Waals surface area contributed by atoms with Crippen LogP contribution in [0.15, 0.2) is 30.6 Å². The maximum absolute atomic E-state index is 10.6. The number of nitrogens with one attached hydrogen (secondary N) is 1. The minimum atomic E-state index is -5.08. The molecular weight excluding hydrogens is 399 g/mol. The summed E-state index contributed by atoms with van der Waals surface area (Å²) in [5.74, 6) is -0.937. The van der Waals surface area contributed by atoms with E-state index in [2.05, 4.69) is 40.5 Å². The van der Waals surface area contributed by atoms with Crippen molar-refractivity contribution in [1.82, 2.24) is 14.9 Å². The number of aliphatic carboxylic acids is 1. The first-order valence-corrected chi connectivity index (χ1v) is 10.1. The Bertz CT molecular complexity index is 916. The number of carbonyl (C=O) groups is 1. The fourth-order valence-electron chi connectivity index (χ4n) is 4.33. The molecule has 2 fully saturated rings. The predicted octanol–water partition coefficient (Wildman–Crippen LogP) is 3.95. The SMILES string of the molecule is O=C(O)C(F)(F)F.c1ccc2c(c1)OC1(CCNCC1)c1c-2ncn1CC1CCC1. The van der Waals surface area contributed by atoms with E-state index < -0.39 is 12.1 Å². The van der Waals surface area contributed by atoms with Crippen LogP contribution in [0.4, 0.5) is 13.2 Å². The molecule has 1 saturated heterocycles. The summed E-state index contributed by atoms with van der Waals surface area (Å²) in [6.45, 7) is 3.12. The Balaban J connectivity index is 0.000000272. The van der Waals surface area contributed by atoms with Crippen molar-refractivity contribution < 1.29 is 27.8 Å². The van der Waals surface area contributed by atoms with Gasteiger partial charge in [-0.3, -0.25) is 0 Å². The number of ether oxygens (including phenoxy) is 1. The lowest BCUT2D eigenvalue weighted by molar-refractivity contribution is -0.192. The molecule has 1 aromatic heterocycles. The van der Waals surface area contributed by atoms with Gasteiger partial charge in [-0.25, -0.2) is 9.78 Å². The Hall–Kier alpha value is -2.55. The van der Waals surface area contributed by atoms with Crippen molar-refractivity contribution in [1.29, 1.82) is 0 Å². The van der Waals surface area contributed by atoms with Gasteiger partial charge >= 0.3 is 12.1 Å². The van der Waals surface area contributed by atoms with E-state index in [1.807, 2.05) is 0 Å². The highest BCUT2D eigenvalue weighted by Gasteiger charge is 2.45. The van der Waals surface area contributed by atoms with Gasteiger partial charge in [0.15, 0.2) is 5.60 Å². The first kappa shape index (κ1) is 20.7. The van der Waals surface area contributed by atoms with E-state index in [-0.39, 0.29) is 5.60 Å². The van der Waals surface area contributed by atoms with E-state index in [1.165, 1.54) is 25.0 Å². The number of benzene rings is 1. The average molecular weight is 423 g/mol. The van der Waals surface area contributed by atoms with Gasteiger partial charge in [0.2, 0.25) is 0 Å². The Labute approximate surface area is 172 Å². The first-order chi connectivity index (χ1) is 14.3. The third kappa shape index (κ3) is 3.90. The van der Waals surface area contributed by atoms with Crippen molar-refractivity contribution in [3.8, 4) is 17.0 Å². The van der Waals surface area contributed by atoms with Gasteiger partial charge < -0.3 is 19.7 Å². The molecule has 1 aliphatic carbocycles. The summed E-state index contributed by atoms with van der Waals surface area (Å²) >= 11 is 0. The van der Waals surface area contributed by atoms with E-state index in [1.54, 1.807) is 0 Å². The molecule has 3 heterocycles. The first-order valence-electron chi connectivity index (χ1n) is 10.1. The van der Waals surface area contributed by atoms with Crippen LogP contribution in [-0.4, -0.2) is 39.9 Å². The molecule has 0 amide bonds. The van der Waals surface area contributed by atoms with Crippen molar-refractivity contribution in [3.63, 3.8) is 0 Å². The lowest BCUT2D eigenvalue weighted by atomic mass is 9.82. The minimum absolute atomic E-state index is 0.199. The molecule has 2 aromatic rings. The number of nitrogens with zero attached hydrogens (tertiary/aromatic N) is 2. The molecular formula is C21H24F3N3O3. The number of hydrogen-bond donors (Lipinski definition) is 2. The maximum atomic E-state index is 10.6. The summed E-state index contributed by atoms with van der Waals surface area (Å²) in [5.41, 5.74) is 3.42. The molecule has 2 aliphatic heterocycles. The lowest BCUT2D eigenvalue weighted by Gasteiger charge is -2.42. The third-order valence-corrected chi connectivity index (χ3v) is 6.05. The summed E-state index contributed by atoms with van der Waals surface area (Å²) in [5, 5.41) is 10.6. The van der Waals surface area contributed by atoms with Gasteiger partial charge in [-0.05, 0) is 44.0 Å². The van der Waals surface area contributed by atoms with Crippen LogP contribution in [0.1, 0.15) is 37.8 Å². The van der Waals surface area contributed by atoms with Crippen molar-refractivity contribution in [2.24, 2.45) is 5.92 Å². The highest BCUT2D eigenvalue weighted by Crippen LogP contribution is 2.48. The summed E-state index contributed by atoms with van der Waals surface area (Å²) in [4.78, 5) is 13.7. The van der Waals surface area contributed by atoms with Crippen molar-refractivity contribution in [2.45, 2.75) is 50.4 Å². The third-order valence-electron chi connectivity index (χ3n) is 6.05. The fraction of sp³-hybridized carbons (Fsp3) is 0.524. The second kappa shape index (κ2) is 7.94. The number of alkyl halides is 3. The van der Waals surface area contributed by atoms with Gasteiger partial charge in [-0.2, -0.15) is 13.2 Å². The van der Waals surface area contributed by atoms with Crippen LogP contribution >= 0.6 is 0 Å². The van der Waals surface area contributed by atoms with Gasteiger partial charge in [-0.15, -0.1) is 0 Å². The van der Waals surface area contributed by atoms with Crippen LogP contribution in [0.25, 0.3) is 11.3 Å². The Morgan fingerprint density at radius 1 is 1.27 bits per heavy atom. The summed E-state index contributed by atoms with van der Waals surface area (Å²) < 4.78 is 40.8. The quantitative estimate of drug-likeness (QED) is 0.765. The second-order valence-corrected chi connectivity index (χ2v) is 8.04. The number of halogens is 3. The van der Waals surface area contributed by atoms with Crippen LogP contribution in [-0.2, 0) is 16.9 Å². The van der Waals surface area contributed by atoms with Gasteiger partial charge in [0, 0.05) is 24.9 Å². The average Bonchev–Trinajstić information content (AvgIpc) is 3.11. The smallest absolute Gasteiger partial charge is 0.480 e. The Morgan fingerprint density at radius 2 is 1.93 bits per heavy atom. The van der Waals surface area contributed by atoms with E-state index in [0.29, 0.717) is 0 Å². The van der Waals surface area contributed by atoms with Gasteiger partial charge in [0.05, 0.1) is 17.7 Å². The number of rotatable bonds is 2. The number of hydrogen-bond acceptors (Lipinski definition) is 4. The number of para-hydroxylation sites is 1. The zero-order valence-electron chi connectivity index (χ0n) is 16.4. The fourth-order valence-corrected chi connectivity index (χ4v) is 4.33. The summed E-state index contributed by atoms with van der Waals surface area (Å²) in [6, 6.07) is 8.37. The van der Waals surface area contributed by atoms with Crippen LogP contribution in [0, 0.1) is 5.92 Å². The molecule has 3 aliphatic rings. The second-order valence-electron chi connectivity index (χ2n) is 8.04. The van der Waals surface area contributed by atoms with Gasteiger partial charge in [-0.1, -0.05) is 18.6 Å². The Kier molecular flexibility index (Phi) is 5.48. The molecule has 1 saturated carbocycles. The standard InChI is InChI=1S/C19H23N3O.C2HF3O2/c1-2-7-16-15(6-1)17-18(19(23-16)8-10-20-11-9-19)22(13-21-17)12-14-4-3-5-14;3-2(4,5)1(6)7/h1-2,6-7,13-14,20H,3-5,8-12H2;(H,6,7). The molecule has 1 aromatic carbocycles. The summed E-state index contributed by atoms with van der Waals surface area (Å²) in [6.07, 6.45) is 3.11. The number of piperidine rings is 1. The van der Waals surface area contributed by atoms with Crippen molar-refractivity contribution >= 4 is 5.97 Å². The number of imidazole rings is 1. The van der Waals surface area contributed by atoms with Gasteiger partial charge in [0.25, 0.3) is 0 Å². The highest BCUT2D eigenvalue weighted by atomic mass is 19.4. The predicted molar refractivity (Wildman–Crippen MR) is 103 cm³/mol. The normalized spacial score (nSPS) is 19.6. The summed E-state index contributed by atoms with van der Waals surface area (Å²) in [7, 11) is 0. The van der Waals surface area contributed by atoms with Crippen molar-refractivity contribution in [2.75, 3.05) is 13.1 Å². The molecule has 0 radical (unpaired) electrons. The molecule has 1 spiro atoms. The molecule has 2 N–H and O–H groups in total. The topological polar surface area (TPSA) is 76.4 Å². The van der Waals surface area contributed by atoms with E-state index in [0.717, 1.165) is 55.4 Å². The van der Waals surface area contributed by atoms with E-state index >= 15 is 0 Å². The molecule has 30 heavy (non-hydrogen) atoms. The number of aromatic nitrogens is 2. The van der Waals surface area contributed by atoms with Crippen molar-refractivity contribution in [3.05, 3.63) is 36.3 Å². The maximum Gasteiger partial charge on any atom is 0.490 e. The molecule has 9 heteroatoms. The Morgan fingerprint density at radius 3 is 2.53 bits per heavy atom. The van der Waals surface area contributed by atoms with Gasteiger partial charge in [0.1, 0.15) is 5.75 Å². The van der Waals surface area contributed by atoms with Crippen LogP contribution in [0.5, 0.6) is 5.75 Å². The van der Waals surface area contributed by atoms with Crippen LogP contribution in [0.2, 0.25) is 0 Å². The van der Waals surface area contributed by atoms with Crippen LogP contribution in [0.3, 0.4) is 0 Å². The highest BCUT2D eigenvalue weighted by molar-refractivity contribution is 5.73. The van der Waals surface area contributed by atoms with E-state index in [4.69, 9.17) is 19.6 Å². The number of carboxylic acids is 1.